The molecule has 1 aliphatic heterocycles. The SMILES string of the molecule is C=c1cc(C(=O)O)[nH]/c1=C/C=C(\C)S(C)(C)N1CC(C)CC(C)C1. The highest BCUT2D eigenvalue weighted by Gasteiger charge is 2.30. The number of aromatic carboxylic acids is 1. The molecule has 1 aromatic heterocycles. The van der Waals surface area contributed by atoms with Gasteiger partial charge in [-0.2, -0.15) is 10.2 Å². The van der Waals surface area contributed by atoms with Gasteiger partial charge < -0.3 is 10.1 Å². The van der Waals surface area contributed by atoms with Gasteiger partial charge in [0.15, 0.2) is 0 Å². The van der Waals surface area contributed by atoms with Crippen LogP contribution in [0.25, 0.3) is 12.7 Å². The number of H-pyrrole nitrogens is 1. The number of carboxylic acid groups (broad SMARTS) is 1. The third-order valence-electron chi connectivity index (χ3n) is 4.92. The highest BCUT2D eigenvalue weighted by atomic mass is 32.3. The maximum absolute atomic E-state index is 11.0. The number of aromatic amines is 1. The molecule has 1 saturated heterocycles. The Labute approximate surface area is 146 Å². The topological polar surface area (TPSA) is 56.3 Å². The maximum Gasteiger partial charge on any atom is 0.352 e. The number of hydrogen-bond donors (Lipinski definition) is 2. The number of aromatic nitrogens is 1. The first kappa shape index (κ1) is 18.9. The maximum atomic E-state index is 11.0. The van der Waals surface area contributed by atoms with Crippen LogP contribution in [0.3, 0.4) is 0 Å². The lowest BCUT2D eigenvalue weighted by Gasteiger charge is -2.49. The molecule has 2 N–H and O–H groups in total. The summed E-state index contributed by atoms with van der Waals surface area (Å²) in [4.78, 5) is 15.3. The molecule has 1 fully saturated rings. The summed E-state index contributed by atoms with van der Waals surface area (Å²) in [5.74, 6) is 0.526. The smallest absolute Gasteiger partial charge is 0.352 e. The predicted octanol–water partition coefficient (Wildman–Crippen LogP) is 2.76. The number of hydrogen-bond acceptors (Lipinski definition) is 2. The number of rotatable bonds is 4. The zero-order valence-electron chi connectivity index (χ0n) is 15.4. The Morgan fingerprint density at radius 1 is 1.38 bits per heavy atom. The molecule has 134 valence electrons. The molecule has 2 heterocycles. The lowest BCUT2D eigenvalue weighted by Crippen LogP contribution is -2.40. The van der Waals surface area contributed by atoms with Gasteiger partial charge in [0.25, 0.3) is 0 Å². The second kappa shape index (κ2) is 7.19. The normalized spacial score (nSPS) is 25.0. The predicted molar refractivity (Wildman–Crippen MR) is 105 cm³/mol. The van der Waals surface area contributed by atoms with Gasteiger partial charge in [-0.15, -0.1) is 0 Å². The van der Waals surface area contributed by atoms with Gasteiger partial charge in [-0.1, -0.05) is 26.5 Å². The molecule has 24 heavy (non-hydrogen) atoms. The Bertz CT molecular complexity index is 738. The van der Waals surface area contributed by atoms with Crippen LogP contribution in [0.2, 0.25) is 0 Å². The van der Waals surface area contributed by atoms with Crippen molar-refractivity contribution in [3.8, 4) is 0 Å². The fourth-order valence-corrected chi connectivity index (χ4v) is 5.39. The second-order valence-electron chi connectivity index (χ2n) is 7.44. The molecule has 0 bridgehead atoms. The summed E-state index contributed by atoms with van der Waals surface area (Å²) < 4.78 is 2.65. The molecule has 1 aromatic rings. The minimum Gasteiger partial charge on any atom is -0.477 e. The van der Waals surface area contributed by atoms with Crippen molar-refractivity contribution in [1.82, 2.24) is 9.29 Å². The molecule has 4 nitrogen and oxygen atoms in total. The number of nitrogens with zero attached hydrogens (tertiary/aromatic N) is 1. The van der Waals surface area contributed by atoms with Crippen molar-refractivity contribution in [2.24, 2.45) is 11.8 Å². The van der Waals surface area contributed by atoms with Crippen molar-refractivity contribution >= 4 is 28.8 Å². The van der Waals surface area contributed by atoms with Crippen LogP contribution in [-0.4, -0.2) is 46.0 Å². The van der Waals surface area contributed by atoms with Crippen LogP contribution in [-0.2, 0) is 0 Å². The third-order valence-corrected chi connectivity index (χ3v) is 8.22. The van der Waals surface area contributed by atoms with Crippen LogP contribution >= 0.6 is 10.2 Å². The summed E-state index contributed by atoms with van der Waals surface area (Å²) in [5, 5.41) is 10.5. The standard InChI is InChI=1S/C19H30N2O2S/c1-13-9-14(2)12-21(11-13)24(5,6)16(4)7-8-17-15(3)10-18(20-17)19(22)23/h7-8,10,13-14,20H,3,9,11-12H2,1-2,4-6H3,(H,22,23)/b16-7+,17-8+. The summed E-state index contributed by atoms with van der Waals surface area (Å²) in [6.45, 7) is 13.1. The number of piperidine rings is 1. The van der Waals surface area contributed by atoms with Crippen molar-refractivity contribution in [2.45, 2.75) is 27.2 Å². The summed E-state index contributed by atoms with van der Waals surface area (Å²) >= 11 is 0. The first-order valence-corrected chi connectivity index (χ1v) is 10.8. The van der Waals surface area contributed by atoms with E-state index in [0.29, 0.717) is 5.22 Å². The fourth-order valence-electron chi connectivity index (χ4n) is 3.33. The van der Waals surface area contributed by atoms with Crippen LogP contribution in [0.1, 0.15) is 37.7 Å². The molecule has 2 rings (SSSR count). The van der Waals surface area contributed by atoms with Crippen LogP contribution in [0.15, 0.2) is 17.0 Å². The highest BCUT2D eigenvalue weighted by molar-refractivity contribution is 8.33. The molecule has 2 atom stereocenters. The number of carboxylic acids is 1. The minimum absolute atomic E-state index is 0.183. The molecule has 0 aliphatic carbocycles. The van der Waals surface area contributed by atoms with Gasteiger partial charge in [0.2, 0.25) is 0 Å². The van der Waals surface area contributed by atoms with Gasteiger partial charge in [-0.3, -0.25) is 4.31 Å². The molecule has 0 saturated carbocycles. The van der Waals surface area contributed by atoms with E-state index in [0.717, 1.165) is 30.3 Å². The molecule has 0 spiro atoms. The van der Waals surface area contributed by atoms with Gasteiger partial charge in [-0.05, 0) is 60.0 Å². The van der Waals surface area contributed by atoms with Gasteiger partial charge in [0.05, 0.1) is 0 Å². The monoisotopic (exact) mass is 350 g/mol. The van der Waals surface area contributed by atoms with E-state index in [1.807, 2.05) is 6.08 Å². The van der Waals surface area contributed by atoms with E-state index in [9.17, 15) is 4.79 Å². The van der Waals surface area contributed by atoms with Gasteiger partial charge in [-0.25, -0.2) is 4.79 Å². The molecule has 2 unspecified atom stereocenters. The highest BCUT2D eigenvalue weighted by Crippen LogP contribution is 2.53. The minimum atomic E-state index is -1.01. The van der Waals surface area contributed by atoms with E-state index >= 15 is 0 Å². The molecule has 5 heteroatoms. The van der Waals surface area contributed by atoms with E-state index in [-0.39, 0.29) is 5.69 Å². The van der Waals surface area contributed by atoms with E-state index in [1.165, 1.54) is 11.3 Å². The first-order valence-electron chi connectivity index (χ1n) is 8.39. The van der Waals surface area contributed by atoms with E-state index in [4.69, 9.17) is 5.11 Å². The zero-order valence-corrected chi connectivity index (χ0v) is 16.2. The van der Waals surface area contributed by atoms with Crippen LogP contribution in [0.5, 0.6) is 0 Å². The molecular weight excluding hydrogens is 320 g/mol. The Morgan fingerprint density at radius 3 is 2.46 bits per heavy atom. The molecule has 0 aromatic carbocycles. The lowest BCUT2D eigenvalue weighted by molar-refractivity contribution is 0.0691. The average molecular weight is 351 g/mol. The Balaban J connectivity index is 2.27. The van der Waals surface area contributed by atoms with Crippen LogP contribution in [0, 0.1) is 11.8 Å². The van der Waals surface area contributed by atoms with Crippen LogP contribution < -0.4 is 10.6 Å². The Hall–Kier alpha value is -1.46. The van der Waals surface area contributed by atoms with E-state index in [1.54, 1.807) is 6.07 Å². The molecular formula is C19H30N2O2S. The van der Waals surface area contributed by atoms with Crippen molar-refractivity contribution in [3.63, 3.8) is 0 Å². The first-order chi connectivity index (χ1) is 11.1. The van der Waals surface area contributed by atoms with Crippen molar-refractivity contribution < 1.29 is 9.90 Å². The molecule has 0 radical (unpaired) electrons. The summed E-state index contributed by atoms with van der Waals surface area (Å²) in [6.07, 6.45) is 10.1. The van der Waals surface area contributed by atoms with Gasteiger partial charge in [0, 0.05) is 18.4 Å². The Kier molecular flexibility index (Phi) is 5.66. The molecule has 0 amide bonds. The molecule has 1 aliphatic rings. The quantitative estimate of drug-likeness (QED) is 0.878. The van der Waals surface area contributed by atoms with E-state index in [2.05, 4.69) is 55.2 Å². The summed E-state index contributed by atoms with van der Waals surface area (Å²) in [5.41, 5.74) is 0.183. The lowest BCUT2D eigenvalue weighted by atomic mass is 9.94. The zero-order chi connectivity index (χ0) is 18.1. The number of allylic oxidation sites excluding steroid dienone is 2. The van der Waals surface area contributed by atoms with Crippen molar-refractivity contribution in [3.05, 3.63) is 33.3 Å². The van der Waals surface area contributed by atoms with Crippen LogP contribution in [0.4, 0.5) is 0 Å². The number of nitrogens with one attached hydrogen (secondary N) is 1. The van der Waals surface area contributed by atoms with Crippen molar-refractivity contribution in [1.29, 1.82) is 0 Å². The number of carbonyl (C=O) groups is 1. The largest absolute Gasteiger partial charge is 0.477 e. The Morgan fingerprint density at radius 2 is 1.96 bits per heavy atom. The third kappa shape index (κ3) is 4.14. The fraction of sp³-hybridized carbons (Fsp3) is 0.526. The van der Waals surface area contributed by atoms with Crippen molar-refractivity contribution in [2.75, 3.05) is 25.6 Å². The van der Waals surface area contributed by atoms with Gasteiger partial charge >= 0.3 is 5.97 Å². The summed E-state index contributed by atoms with van der Waals surface area (Å²) in [6, 6.07) is 1.57. The second-order valence-corrected chi connectivity index (χ2v) is 11.1. The van der Waals surface area contributed by atoms with Gasteiger partial charge in [0.1, 0.15) is 5.69 Å². The average Bonchev–Trinajstić information content (AvgIpc) is 2.85. The summed E-state index contributed by atoms with van der Waals surface area (Å²) in [7, 11) is -1.01. The van der Waals surface area contributed by atoms with E-state index < -0.39 is 16.2 Å².